The van der Waals surface area contributed by atoms with Gasteiger partial charge in [0.15, 0.2) is 11.2 Å². The molecular weight excluding hydrogens is 498 g/mol. The molecule has 2 heterocycles. The minimum atomic E-state index is -1.94. The van der Waals surface area contributed by atoms with E-state index < -0.39 is 29.1 Å². The topological polar surface area (TPSA) is 105 Å². The molecule has 0 radical (unpaired) electrons. The van der Waals surface area contributed by atoms with E-state index in [0.29, 0.717) is 23.4 Å². The van der Waals surface area contributed by atoms with Gasteiger partial charge in [-0.1, -0.05) is 42.5 Å². The van der Waals surface area contributed by atoms with Gasteiger partial charge in [-0.3, -0.25) is 4.79 Å². The Balaban J connectivity index is 1.82. The average molecular weight is 534 g/mol. The van der Waals surface area contributed by atoms with Gasteiger partial charge >= 0.3 is 0 Å². The number of aliphatic hydroxyl groups is 2. The maximum absolute atomic E-state index is 12.9. The fourth-order valence-electron chi connectivity index (χ4n) is 6.41. The van der Waals surface area contributed by atoms with E-state index in [-0.39, 0.29) is 23.2 Å². The van der Waals surface area contributed by atoms with Crippen molar-refractivity contribution in [2.45, 2.75) is 23.2 Å². The lowest BCUT2D eigenvalue weighted by Gasteiger charge is -2.41. The third-order valence-corrected chi connectivity index (χ3v) is 7.95. The molecule has 39 heavy (non-hydrogen) atoms. The normalized spacial score (nSPS) is 27.1. The summed E-state index contributed by atoms with van der Waals surface area (Å²) < 4.78 is 17.9. The summed E-state index contributed by atoms with van der Waals surface area (Å²) in [5.41, 5.74) is -1.13. The summed E-state index contributed by atoms with van der Waals surface area (Å²) in [5.74, 6) is -0.374. The Morgan fingerprint density at radius 1 is 1.03 bits per heavy atom. The monoisotopic (exact) mass is 533 g/mol. The van der Waals surface area contributed by atoms with Crippen molar-refractivity contribution in [2.24, 2.45) is 5.92 Å². The molecule has 0 bridgehead atoms. The minimum Gasteiger partial charge on any atom is -0.481 e. The van der Waals surface area contributed by atoms with Gasteiger partial charge in [-0.2, -0.15) is 4.98 Å². The first-order chi connectivity index (χ1) is 18.6. The number of benzene rings is 2. The van der Waals surface area contributed by atoms with Crippen LogP contribution in [0, 0.1) is 5.92 Å². The molecule has 9 heteroatoms. The summed E-state index contributed by atoms with van der Waals surface area (Å²) in [6, 6.07) is 18.4. The fraction of sp³-hybridized carbons (Fsp3) is 0.400. The molecule has 2 aliphatic rings. The first-order valence-electron chi connectivity index (χ1n) is 12.8. The Bertz CT molecular complexity index is 1360. The van der Waals surface area contributed by atoms with Crippen LogP contribution in [0.5, 0.6) is 17.5 Å². The largest absolute Gasteiger partial charge is 0.481 e. The van der Waals surface area contributed by atoms with Crippen LogP contribution in [-0.2, 0) is 11.2 Å². The predicted molar refractivity (Wildman–Crippen MR) is 145 cm³/mol. The average Bonchev–Trinajstić information content (AvgIpc) is 3.30. The zero-order valence-corrected chi connectivity index (χ0v) is 23.1. The van der Waals surface area contributed by atoms with Crippen molar-refractivity contribution < 1.29 is 29.2 Å². The van der Waals surface area contributed by atoms with E-state index >= 15 is 0 Å². The number of hydrogen-bond acceptors (Lipinski definition) is 8. The summed E-state index contributed by atoms with van der Waals surface area (Å²) in [4.78, 5) is 20.6. The molecule has 1 amide bonds. The predicted octanol–water partition coefficient (Wildman–Crippen LogP) is 2.61. The number of hydrogen-bond donors (Lipinski definition) is 2. The van der Waals surface area contributed by atoms with Crippen molar-refractivity contribution >= 4 is 5.91 Å². The highest BCUT2D eigenvalue weighted by atomic mass is 16.5. The molecule has 0 unspecified atom stereocenters. The van der Waals surface area contributed by atoms with Crippen LogP contribution in [0.15, 0.2) is 60.7 Å². The van der Waals surface area contributed by atoms with Crippen molar-refractivity contribution in [2.75, 3.05) is 49.0 Å². The van der Waals surface area contributed by atoms with E-state index in [2.05, 4.69) is 4.98 Å². The molecule has 1 aliphatic carbocycles. The van der Waals surface area contributed by atoms with Gasteiger partial charge in [-0.25, -0.2) is 0 Å². The van der Waals surface area contributed by atoms with Gasteiger partial charge in [-0.05, 0) is 37.4 Å². The van der Waals surface area contributed by atoms with Crippen LogP contribution in [0.1, 0.15) is 33.0 Å². The number of nitrogens with zero attached hydrogens (tertiary/aromatic N) is 3. The van der Waals surface area contributed by atoms with Crippen LogP contribution in [0.4, 0.5) is 0 Å². The van der Waals surface area contributed by atoms with Crippen LogP contribution < -0.4 is 14.2 Å². The van der Waals surface area contributed by atoms with Crippen LogP contribution >= 0.6 is 0 Å². The lowest BCUT2D eigenvalue weighted by molar-refractivity contribution is -0.152. The molecule has 3 aromatic rings. The second-order valence-electron chi connectivity index (χ2n) is 10.7. The zero-order chi connectivity index (χ0) is 28.1. The van der Waals surface area contributed by atoms with Crippen LogP contribution in [0.25, 0.3) is 0 Å². The van der Waals surface area contributed by atoms with E-state index in [4.69, 9.17) is 14.2 Å². The Kier molecular flexibility index (Phi) is 6.78. The summed E-state index contributed by atoms with van der Waals surface area (Å²) in [6.07, 6.45) is -1.25. The number of carbonyl (C=O) groups excluding carboxylic acids is 1. The highest BCUT2D eigenvalue weighted by molar-refractivity contribution is 5.93. The number of carbonyl (C=O) groups is 1. The van der Waals surface area contributed by atoms with Crippen molar-refractivity contribution in [3.05, 3.63) is 82.9 Å². The number of methoxy groups -OCH3 is 2. The number of aliphatic hydroxyl groups excluding tert-OH is 1. The van der Waals surface area contributed by atoms with Crippen LogP contribution in [-0.4, -0.2) is 86.0 Å². The van der Waals surface area contributed by atoms with Gasteiger partial charge in [0, 0.05) is 44.1 Å². The van der Waals surface area contributed by atoms with Crippen LogP contribution in [0.3, 0.4) is 0 Å². The number of rotatable bonds is 7. The summed E-state index contributed by atoms with van der Waals surface area (Å²) in [7, 11) is 10.2. The first-order valence-corrected chi connectivity index (χ1v) is 12.8. The van der Waals surface area contributed by atoms with Gasteiger partial charge in [0.2, 0.25) is 11.8 Å². The Labute approximate surface area is 228 Å². The lowest BCUT2D eigenvalue weighted by Crippen LogP contribution is -2.52. The second kappa shape index (κ2) is 9.82. The molecular formula is C30H35N3O6. The quantitative estimate of drug-likeness (QED) is 0.478. The van der Waals surface area contributed by atoms with E-state index in [1.165, 1.54) is 19.1 Å². The molecule has 0 saturated heterocycles. The molecule has 1 aliphatic heterocycles. The third-order valence-electron chi connectivity index (χ3n) is 7.95. The highest BCUT2D eigenvalue weighted by Crippen LogP contribution is 2.69. The van der Waals surface area contributed by atoms with Gasteiger partial charge in [0.1, 0.15) is 5.75 Å². The summed E-state index contributed by atoms with van der Waals surface area (Å²) >= 11 is 0. The van der Waals surface area contributed by atoms with Crippen molar-refractivity contribution in [1.29, 1.82) is 0 Å². The standard InChI is InChI=1S/C30H35N3O6/c1-32(2)17-21-24(18-10-8-7-9-11-18)30(20-14-12-19(13-15-20)28(35)33(3)4)29(36,26(21)34)25-22(39-30)16-23(37-5)31-27(25)38-6/h7-16,21,24,26,34,36H,17H2,1-6H3/t21-,24-,26-,29+,30+/m1/s1. The molecule has 9 nitrogen and oxygen atoms in total. The summed E-state index contributed by atoms with van der Waals surface area (Å²) in [6.45, 7) is 0.479. The summed E-state index contributed by atoms with van der Waals surface area (Å²) in [5, 5.41) is 25.0. The molecule has 1 saturated carbocycles. The fourth-order valence-corrected chi connectivity index (χ4v) is 6.41. The first kappa shape index (κ1) is 26.9. The van der Waals surface area contributed by atoms with Gasteiger partial charge in [0.25, 0.3) is 5.91 Å². The molecule has 2 aromatic carbocycles. The molecule has 1 aromatic heterocycles. The van der Waals surface area contributed by atoms with Crippen molar-refractivity contribution in [1.82, 2.24) is 14.8 Å². The second-order valence-corrected chi connectivity index (χ2v) is 10.7. The van der Waals surface area contributed by atoms with E-state index in [0.717, 1.165) is 5.56 Å². The molecule has 5 atom stereocenters. The molecule has 2 N–H and O–H groups in total. The number of ether oxygens (including phenoxy) is 3. The zero-order valence-electron chi connectivity index (χ0n) is 23.1. The van der Waals surface area contributed by atoms with E-state index in [9.17, 15) is 15.0 Å². The Hall–Kier alpha value is -3.66. The van der Waals surface area contributed by atoms with Gasteiger partial charge < -0.3 is 34.2 Å². The number of pyridine rings is 1. The third kappa shape index (κ3) is 3.87. The van der Waals surface area contributed by atoms with E-state index in [1.807, 2.05) is 49.3 Å². The number of aromatic nitrogens is 1. The maximum atomic E-state index is 12.9. The smallest absolute Gasteiger partial charge is 0.253 e. The minimum absolute atomic E-state index is 0.115. The maximum Gasteiger partial charge on any atom is 0.253 e. The molecule has 1 fully saturated rings. The van der Waals surface area contributed by atoms with Crippen LogP contribution in [0.2, 0.25) is 0 Å². The Morgan fingerprint density at radius 2 is 1.69 bits per heavy atom. The van der Waals surface area contributed by atoms with Gasteiger partial charge in [-0.15, -0.1) is 0 Å². The Morgan fingerprint density at radius 3 is 2.26 bits per heavy atom. The van der Waals surface area contributed by atoms with Gasteiger partial charge in [0.05, 0.1) is 25.9 Å². The lowest BCUT2D eigenvalue weighted by atomic mass is 9.70. The highest BCUT2D eigenvalue weighted by Gasteiger charge is 2.77. The number of amides is 1. The van der Waals surface area contributed by atoms with E-state index in [1.54, 1.807) is 44.4 Å². The SMILES string of the molecule is COc1cc2c(c(OC)n1)[C@]1(O)[C@H](O)[C@H](CN(C)C)[C@@H](c3ccccc3)[C@]1(c1ccc(C(=O)N(C)C)cc1)O2. The van der Waals surface area contributed by atoms with Crippen molar-refractivity contribution in [3.8, 4) is 17.5 Å². The molecule has 5 rings (SSSR count). The molecule has 0 spiro atoms. The molecule has 206 valence electrons. The number of fused-ring (bicyclic) bond motifs is 3. The van der Waals surface area contributed by atoms with Crippen molar-refractivity contribution in [3.63, 3.8) is 0 Å².